The number of aliphatic hydroxyl groups is 1. The lowest BCUT2D eigenvalue weighted by Crippen LogP contribution is -2.41. The predicted molar refractivity (Wildman–Crippen MR) is 93.7 cm³/mol. The number of Topliss-reactive ketones (excluding diaryl/α,β-unsaturated/α-hetero) is 1. The molecule has 2 heterocycles. The van der Waals surface area contributed by atoms with Crippen LogP contribution >= 0.6 is 11.3 Å². The Labute approximate surface area is 141 Å². The third-order valence-corrected chi connectivity index (χ3v) is 4.52. The van der Waals surface area contributed by atoms with E-state index in [1.165, 1.54) is 0 Å². The van der Waals surface area contributed by atoms with Gasteiger partial charge in [-0.2, -0.15) is 0 Å². The predicted octanol–water partition coefficient (Wildman–Crippen LogP) is 2.83. The average molecular weight is 335 g/mol. The highest BCUT2D eigenvalue weighted by molar-refractivity contribution is 7.12. The van der Waals surface area contributed by atoms with Gasteiger partial charge in [0.1, 0.15) is 0 Å². The third kappa shape index (κ3) is 4.28. The van der Waals surface area contributed by atoms with Crippen LogP contribution in [-0.4, -0.2) is 50.6 Å². The quantitative estimate of drug-likeness (QED) is 0.791. The summed E-state index contributed by atoms with van der Waals surface area (Å²) in [5, 5.41) is 12.8. The first kappa shape index (κ1) is 17.8. The van der Waals surface area contributed by atoms with Crippen molar-refractivity contribution in [2.45, 2.75) is 40.2 Å². The Morgan fingerprint density at radius 2 is 2.13 bits per heavy atom. The number of carbonyl (C=O) groups is 1. The van der Waals surface area contributed by atoms with Gasteiger partial charge >= 0.3 is 0 Å². The van der Waals surface area contributed by atoms with Gasteiger partial charge in [-0.1, -0.05) is 6.92 Å². The monoisotopic (exact) mass is 335 g/mol. The first-order valence-corrected chi connectivity index (χ1v) is 8.67. The fourth-order valence-electron chi connectivity index (χ4n) is 2.78. The molecule has 0 spiro atoms. The fourth-order valence-corrected chi connectivity index (χ4v) is 3.53. The van der Waals surface area contributed by atoms with Crippen molar-refractivity contribution in [3.63, 3.8) is 0 Å². The molecule has 2 aromatic rings. The van der Waals surface area contributed by atoms with Gasteiger partial charge in [0, 0.05) is 35.1 Å². The second-order valence-corrected chi connectivity index (χ2v) is 7.35. The van der Waals surface area contributed by atoms with Gasteiger partial charge in [0.2, 0.25) is 0 Å². The molecule has 0 saturated carbocycles. The fraction of sp³-hybridized carbons (Fsp3) is 0.529. The molecule has 2 rings (SSSR count). The summed E-state index contributed by atoms with van der Waals surface area (Å²) >= 11 is 1.55. The van der Waals surface area contributed by atoms with Crippen molar-refractivity contribution in [3.8, 4) is 5.13 Å². The zero-order chi connectivity index (χ0) is 17.2. The molecule has 2 aromatic heterocycles. The number of aryl methyl sites for hydroxylation is 1. The molecule has 0 atom stereocenters. The van der Waals surface area contributed by atoms with E-state index in [4.69, 9.17) is 0 Å². The van der Waals surface area contributed by atoms with Gasteiger partial charge < -0.3 is 5.11 Å². The Morgan fingerprint density at radius 3 is 2.65 bits per heavy atom. The van der Waals surface area contributed by atoms with Crippen LogP contribution in [0.5, 0.6) is 0 Å². The van der Waals surface area contributed by atoms with Gasteiger partial charge in [0.15, 0.2) is 10.9 Å². The van der Waals surface area contributed by atoms with Crippen LogP contribution in [0.25, 0.3) is 5.13 Å². The van der Waals surface area contributed by atoms with Gasteiger partial charge in [-0.3, -0.25) is 14.3 Å². The molecule has 0 saturated heterocycles. The van der Waals surface area contributed by atoms with Gasteiger partial charge in [0.25, 0.3) is 0 Å². The standard InChI is InChI=1S/C17H25N3O2S/c1-6-19(11-17(4,5)22)10-15(21)14-9-12(2)20(13(14)3)16-18-7-8-23-16/h7-9,22H,6,10-11H2,1-5H3. The summed E-state index contributed by atoms with van der Waals surface area (Å²) in [6, 6.07) is 1.93. The molecule has 0 amide bonds. The molecule has 0 radical (unpaired) electrons. The van der Waals surface area contributed by atoms with Crippen molar-refractivity contribution in [3.05, 3.63) is 34.6 Å². The maximum Gasteiger partial charge on any atom is 0.193 e. The first-order valence-electron chi connectivity index (χ1n) is 7.79. The van der Waals surface area contributed by atoms with Gasteiger partial charge in [0.05, 0.1) is 12.1 Å². The lowest BCUT2D eigenvalue weighted by atomic mass is 10.1. The summed E-state index contributed by atoms with van der Waals surface area (Å²) in [7, 11) is 0. The van der Waals surface area contributed by atoms with Crippen molar-refractivity contribution in [2.75, 3.05) is 19.6 Å². The van der Waals surface area contributed by atoms with Gasteiger partial charge in [-0.25, -0.2) is 4.98 Å². The number of thiazole rings is 1. The molecule has 23 heavy (non-hydrogen) atoms. The molecule has 0 unspecified atom stereocenters. The Balaban J connectivity index is 2.22. The summed E-state index contributed by atoms with van der Waals surface area (Å²) in [4.78, 5) is 19.0. The highest BCUT2D eigenvalue weighted by Crippen LogP contribution is 2.23. The van der Waals surface area contributed by atoms with Crippen molar-refractivity contribution in [1.29, 1.82) is 0 Å². The van der Waals surface area contributed by atoms with E-state index in [9.17, 15) is 9.90 Å². The molecule has 0 aromatic carbocycles. The van der Waals surface area contributed by atoms with E-state index in [1.54, 1.807) is 31.4 Å². The van der Waals surface area contributed by atoms with Crippen LogP contribution in [-0.2, 0) is 0 Å². The number of carbonyl (C=O) groups excluding carboxylic acids is 1. The second kappa shape index (κ2) is 6.95. The van der Waals surface area contributed by atoms with Crippen LogP contribution < -0.4 is 0 Å². The Bertz CT molecular complexity index is 669. The van der Waals surface area contributed by atoms with Crippen LogP contribution in [0.1, 0.15) is 42.5 Å². The number of hydrogen-bond acceptors (Lipinski definition) is 5. The number of rotatable bonds is 7. The topological polar surface area (TPSA) is 58.4 Å². The van der Waals surface area contributed by atoms with Gasteiger partial charge in [-0.05, 0) is 40.3 Å². The van der Waals surface area contributed by atoms with E-state index in [1.807, 2.05) is 41.7 Å². The number of nitrogens with zero attached hydrogens (tertiary/aromatic N) is 3. The minimum atomic E-state index is -0.811. The summed E-state index contributed by atoms with van der Waals surface area (Å²) in [5.41, 5.74) is 1.84. The van der Waals surface area contributed by atoms with E-state index in [2.05, 4.69) is 4.98 Å². The molecule has 0 aliphatic rings. The molecule has 1 N–H and O–H groups in total. The third-order valence-electron chi connectivity index (χ3n) is 3.77. The minimum absolute atomic E-state index is 0.0759. The van der Waals surface area contributed by atoms with E-state index in [-0.39, 0.29) is 5.78 Å². The molecule has 126 valence electrons. The molecule has 6 heteroatoms. The summed E-state index contributed by atoms with van der Waals surface area (Å²) < 4.78 is 2.02. The molecular weight excluding hydrogens is 310 g/mol. The highest BCUT2D eigenvalue weighted by Gasteiger charge is 2.22. The number of hydrogen-bond donors (Lipinski definition) is 1. The molecule has 5 nitrogen and oxygen atoms in total. The van der Waals surface area contributed by atoms with Crippen LogP contribution in [0.3, 0.4) is 0 Å². The number of likely N-dealkylation sites (N-methyl/N-ethyl adjacent to an activating group) is 1. The zero-order valence-corrected chi connectivity index (χ0v) is 15.3. The molecule has 0 aliphatic carbocycles. The van der Waals surface area contributed by atoms with E-state index in [0.717, 1.165) is 28.6 Å². The van der Waals surface area contributed by atoms with Crippen molar-refractivity contribution >= 4 is 17.1 Å². The zero-order valence-electron chi connectivity index (χ0n) is 14.5. The number of ketones is 1. The molecule has 0 bridgehead atoms. The smallest absolute Gasteiger partial charge is 0.193 e. The van der Waals surface area contributed by atoms with Crippen LogP contribution in [0.4, 0.5) is 0 Å². The second-order valence-electron chi connectivity index (χ2n) is 6.47. The maximum atomic E-state index is 12.7. The first-order chi connectivity index (χ1) is 10.7. The lowest BCUT2D eigenvalue weighted by molar-refractivity contribution is 0.0376. The van der Waals surface area contributed by atoms with Crippen LogP contribution in [0.2, 0.25) is 0 Å². The lowest BCUT2D eigenvalue weighted by Gasteiger charge is -2.27. The molecule has 0 aliphatic heterocycles. The van der Waals surface area contributed by atoms with Crippen molar-refractivity contribution in [2.24, 2.45) is 0 Å². The average Bonchev–Trinajstić information content (AvgIpc) is 3.04. The SMILES string of the molecule is CCN(CC(=O)c1cc(C)n(-c2nccs2)c1C)CC(C)(C)O. The van der Waals surface area contributed by atoms with Crippen LogP contribution in [0.15, 0.2) is 17.6 Å². The molecular formula is C17H25N3O2S. The van der Waals surface area contributed by atoms with Gasteiger partial charge in [-0.15, -0.1) is 11.3 Å². The normalized spacial score (nSPS) is 12.1. The Kier molecular flexibility index (Phi) is 5.39. The Hall–Kier alpha value is -1.50. The summed E-state index contributed by atoms with van der Waals surface area (Å²) in [6.07, 6.45) is 1.77. The summed E-state index contributed by atoms with van der Waals surface area (Å²) in [5.74, 6) is 0.0759. The van der Waals surface area contributed by atoms with Crippen molar-refractivity contribution < 1.29 is 9.90 Å². The summed E-state index contributed by atoms with van der Waals surface area (Å²) in [6.45, 7) is 11.0. The minimum Gasteiger partial charge on any atom is -0.389 e. The maximum absolute atomic E-state index is 12.7. The van der Waals surface area contributed by atoms with E-state index >= 15 is 0 Å². The molecule has 0 fully saturated rings. The largest absolute Gasteiger partial charge is 0.389 e. The highest BCUT2D eigenvalue weighted by atomic mass is 32.1. The van der Waals surface area contributed by atoms with Crippen molar-refractivity contribution in [1.82, 2.24) is 14.5 Å². The van der Waals surface area contributed by atoms with E-state index in [0.29, 0.717) is 13.1 Å². The number of aromatic nitrogens is 2. The Morgan fingerprint density at radius 1 is 1.43 bits per heavy atom. The van der Waals surface area contributed by atoms with Crippen LogP contribution in [0, 0.1) is 13.8 Å². The van der Waals surface area contributed by atoms with E-state index < -0.39 is 5.60 Å².